The van der Waals surface area contributed by atoms with Crippen LogP contribution in [-0.2, 0) is 35.7 Å². The molecule has 5 rings (SSSR count). The number of nitrogens with zero attached hydrogens (tertiary/aromatic N) is 4. The van der Waals surface area contributed by atoms with Gasteiger partial charge in [0, 0.05) is 38.3 Å². The van der Waals surface area contributed by atoms with Crippen LogP contribution in [0.15, 0.2) is 89.2 Å². The van der Waals surface area contributed by atoms with E-state index >= 15 is 0 Å². The van der Waals surface area contributed by atoms with Crippen molar-refractivity contribution in [1.82, 2.24) is 20.0 Å². The quantitative estimate of drug-likeness (QED) is 0.142. The van der Waals surface area contributed by atoms with Crippen molar-refractivity contribution < 1.29 is 23.7 Å². The second-order valence-electron chi connectivity index (χ2n) is 14.6. The van der Waals surface area contributed by atoms with Gasteiger partial charge in [-0.1, -0.05) is 61.9 Å². The van der Waals surface area contributed by atoms with E-state index in [1.165, 1.54) is 24.0 Å². The summed E-state index contributed by atoms with van der Waals surface area (Å²) in [4.78, 5) is 24.8. The summed E-state index contributed by atoms with van der Waals surface area (Å²) in [6, 6.07) is 24.5. The number of carbonyl (C=O) groups excluding carboxylic acids is 1. The van der Waals surface area contributed by atoms with Gasteiger partial charge in [0.25, 0.3) is 0 Å². The Balaban J connectivity index is 1.57. The fourth-order valence-electron chi connectivity index (χ4n) is 6.86. The summed E-state index contributed by atoms with van der Waals surface area (Å²) >= 11 is 0. The Labute approximate surface area is 315 Å². The Morgan fingerprint density at radius 3 is 2.00 bits per heavy atom. The lowest BCUT2D eigenvalue weighted by Crippen LogP contribution is -2.54. The molecule has 0 spiro atoms. The minimum atomic E-state index is -0.908. The van der Waals surface area contributed by atoms with Crippen LogP contribution in [0.4, 0.5) is 4.79 Å². The van der Waals surface area contributed by atoms with Crippen molar-refractivity contribution in [1.29, 1.82) is 0 Å². The van der Waals surface area contributed by atoms with Crippen LogP contribution in [-0.4, -0.2) is 79.0 Å². The fraction of sp³-hybridized carbons (Fsp3) is 0.476. The molecule has 3 aromatic rings. The zero-order valence-corrected chi connectivity index (χ0v) is 32.4. The van der Waals surface area contributed by atoms with E-state index in [1.807, 2.05) is 48.5 Å². The molecule has 1 atom stereocenters. The van der Waals surface area contributed by atoms with Gasteiger partial charge in [-0.25, -0.2) is 9.79 Å². The minimum Gasteiger partial charge on any atom is -0.497 e. The van der Waals surface area contributed by atoms with Crippen LogP contribution in [0.3, 0.4) is 0 Å². The highest BCUT2D eigenvalue weighted by atomic mass is 16.6. The topological polar surface area (TPSA) is 114 Å². The molecule has 0 radical (unpaired) electrons. The molecule has 1 unspecified atom stereocenters. The molecule has 0 saturated carbocycles. The number of unbranched alkanes of at least 4 members (excludes halogenated alkanes) is 1. The van der Waals surface area contributed by atoms with E-state index in [1.54, 1.807) is 14.2 Å². The van der Waals surface area contributed by atoms with Gasteiger partial charge in [0.05, 0.1) is 26.5 Å². The van der Waals surface area contributed by atoms with Crippen LogP contribution < -0.4 is 20.5 Å². The number of ether oxygens (including phenoxy) is 4. The second kappa shape index (κ2) is 19.0. The maximum atomic E-state index is 12.8. The Bertz CT molecular complexity index is 1630. The van der Waals surface area contributed by atoms with Gasteiger partial charge in [0.1, 0.15) is 11.5 Å². The van der Waals surface area contributed by atoms with Gasteiger partial charge in [-0.2, -0.15) is 0 Å². The third kappa shape index (κ3) is 11.0. The smallest absolute Gasteiger partial charge is 0.410 e. The average Bonchev–Trinajstić information content (AvgIpc) is 3.66. The van der Waals surface area contributed by atoms with E-state index in [9.17, 15) is 4.79 Å². The van der Waals surface area contributed by atoms with Crippen LogP contribution in [0.2, 0.25) is 0 Å². The molecule has 3 N–H and O–H groups in total. The van der Waals surface area contributed by atoms with Gasteiger partial charge in [-0.05, 0) is 99.6 Å². The van der Waals surface area contributed by atoms with E-state index in [0.29, 0.717) is 44.4 Å². The summed E-state index contributed by atoms with van der Waals surface area (Å²) in [6.07, 6.45) is 2.78. The van der Waals surface area contributed by atoms with E-state index in [4.69, 9.17) is 29.7 Å². The molecule has 1 saturated heterocycles. The molecule has 1 fully saturated rings. The van der Waals surface area contributed by atoms with Crippen LogP contribution in [0, 0.1) is 0 Å². The van der Waals surface area contributed by atoms with E-state index in [-0.39, 0.29) is 0 Å². The molecule has 0 aliphatic carbocycles. The number of rotatable bonds is 17. The molecule has 1 amide bonds. The molecule has 286 valence electrons. The van der Waals surface area contributed by atoms with Crippen molar-refractivity contribution in [2.75, 3.05) is 40.5 Å². The van der Waals surface area contributed by atoms with E-state index in [2.05, 4.69) is 72.0 Å². The van der Waals surface area contributed by atoms with Gasteiger partial charge in [0.15, 0.2) is 11.6 Å². The number of benzene rings is 3. The fourth-order valence-corrected chi connectivity index (χ4v) is 6.86. The monoisotopic (exact) mass is 726 g/mol. The van der Waals surface area contributed by atoms with Gasteiger partial charge < -0.3 is 39.8 Å². The third-order valence-electron chi connectivity index (χ3n) is 9.58. The lowest BCUT2D eigenvalue weighted by molar-refractivity contribution is -0.0795. The first kappa shape index (κ1) is 39.6. The summed E-state index contributed by atoms with van der Waals surface area (Å²) in [5.41, 5.74) is 10.7. The normalized spacial score (nSPS) is 16.5. The summed E-state index contributed by atoms with van der Waals surface area (Å²) in [6.45, 7) is 14.1. The van der Waals surface area contributed by atoms with E-state index in [0.717, 1.165) is 60.8 Å². The molecule has 2 heterocycles. The summed E-state index contributed by atoms with van der Waals surface area (Å²) in [5.74, 6) is 2.33. The molecule has 2 aliphatic rings. The Morgan fingerprint density at radius 1 is 0.887 bits per heavy atom. The predicted molar refractivity (Wildman–Crippen MR) is 209 cm³/mol. The number of likely N-dealkylation sites (tertiary alicyclic amines) is 1. The maximum absolute atomic E-state index is 12.8. The molecule has 3 aromatic carbocycles. The maximum Gasteiger partial charge on any atom is 0.410 e. The van der Waals surface area contributed by atoms with Gasteiger partial charge in [0.2, 0.25) is 6.35 Å². The summed E-state index contributed by atoms with van der Waals surface area (Å²) < 4.78 is 23.5. The zero-order chi connectivity index (χ0) is 37.8. The van der Waals surface area contributed by atoms with Crippen molar-refractivity contribution in [2.24, 2.45) is 10.7 Å². The zero-order valence-electron chi connectivity index (χ0n) is 32.4. The Morgan fingerprint density at radius 2 is 1.47 bits per heavy atom. The summed E-state index contributed by atoms with van der Waals surface area (Å²) in [7, 11) is 3.31. The van der Waals surface area contributed by atoms with Crippen LogP contribution in [0.1, 0.15) is 75.6 Å². The van der Waals surface area contributed by atoms with Crippen LogP contribution >= 0.6 is 0 Å². The number of aliphatic imine (C=N–C) groups is 1. The highest BCUT2D eigenvalue weighted by Crippen LogP contribution is 2.33. The Kier molecular flexibility index (Phi) is 14.2. The number of hydrogen-bond donors (Lipinski definition) is 2. The number of primary amides is 1. The standard InChI is InChI=1S/C42H58N6O5/c1-7-8-25-52-41-45-39(47(28-31-15-19-35(50-5)20-16-31)29-32-17-21-36(51-6)22-18-32)38(53-40(43)49)37(48(41)42(2,3)4)27-44-26-33-13-9-10-14-34(33)30-46-23-11-12-24-46/h9-10,13-22,41,44H,7-8,11-12,23-30H2,1-6H3,(H2,43,49). The van der Waals surface area contributed by atoms with Crippen molar-refractivity contribution in [3.05, 3.63) is 107 Å². The summed E-state index contributed by atoms with van der Waals surface area (Å²) in [5, 5.41) is 3.71. The molecular weight excluding hydrogens is 668 g/mol. The highest BCUT2D eigenvalue weighted by molar-refractivity contribution is 5.99. The second-order valence-corrected chi connectivity index (χ2v) is 14.6. The van der Waals surface area contributed by atoms with Gasteiger partial charge >= 0.3 is 6.09 Å². The first-order valence-electron chi connectivity index (χ1n) is 18.8. The number of carbonyl (C=O) groups is 1. The predicted octanol–water partition coefficient (Wildman–Crippen LogP) is 7.01. The largest absolute Gasteiger partial charge is 0.497 e. The van der Waals surface area contributed by atoms with Crippen molar-refractivity contribution in [2.45, 2.75) is 91.4 Å². The van der Waals surface area contributed by atoms with Gasteiger partial charge in [-0.3, -0.25) is 4.90 Å². The van der Waals surface area contributed by atoms with Crippen molar-refractivity contribution >= 4 is 11.9 Å². The molecule has 11 heteroatoms. The molecule has 2 aliphatic heterocycles. The van der Waals surface area contributed by atoms with E-state index < -0.39 is 18.0 Å². The van der Waals surface area contributed by atoms with Crippen LogP contribution in [0.25, 0.3) is 0 Å². The number of hydrogen-bond acceptors (Lipinski definition) is 10. The number of amidine groups is 1. The Hall–Kier alpha value is -4.58. The SMILES string of the molecule is CCCCOC1N=C(N(Cc2ccc(OC)cc2)Cc2ccc(OC)cc2)C(OC(N)=O)=C(CNCc2ccccc2CN2CCCC2)N1C(C)(C)C. The van der Waals surface area contributed by atoms with Gasteiger partial charge in [-0.15, -0.1) is 0 Å². The molecule has 0 bridgehead atoms. The third-order valence-corrected chi connectivity index (χ3v) is 9.58. The molecule has 0 aromatic heterocycles. The number of nitrogens with two attached hydrogens (primary N) is 1. The molecular formula is C42H58N6O5. The number of methoxy groups -OCH3 is 2. The highest BCUT2D eigenvalue weighted by Gasteiger charge is 2.40. The average molecular weight is 727 g/mol. The molecule has 53 heavy (non-hydrogen) atoms. The first-order chi connectivity index (χ1) is 25.6. The van der Waals surface area contributed by atoms with Crippen LogP contribution in [0.5, 0.6) is 11.5 Å². The van der Waals surface area contributed by atoms with Crippen molar-refractivity contribution in [3.63, 3.8) is 0 Å². The number of nitrogens with one attached hydrogen (secondary N) is 1. The van der Waals surface area contributed by atoms with Crippen molar-refractivity contribution in [3.8, 4) is 11.5 Å². The minimum absolute atomic E-state index is 0.308. The lowest BCUT2D eigenvalue weighted by atomic mass is 10.0. The molecule has 11 nitrogen and oxygen atoms in total. The lowest BCUT2D eigenvalue weighted by Gasteiger charge is -2.46. The first-order valence-corrected chi connectivity index (χ1v) is 18.8. The number of amides is 1.